The molecule has 0 aromatic heterocycles. The van der Waals surface area contributed by atoms with Crippen molar-refractivity contribution in [2.24, 2.45) is 0 Å². The summed E-state index contributed by atoms with van der Waals surface area (Å²) in [6, 6.07) is 5.14. The van der Waals surface area contributed by atoms with Gasteiger partial charge in [-0.2, -0.15) is 0 Å². The predicted molar refractivity (Wildman–Crippen MR) is 76.5 cm³/mol. The highest BCUT2D eigenvalue weighted by molar-refractivity contribution is 5.99. The minimum Gasteiger partial charge on any atom is -0.482 e. The van der Waals surface area contributed by atoms with Gasteiger partial charge in [-0.25, -0.2) is 0 Å². The van der Waals surface area contributed by atoms with Crippen molar-refractivity contribution in [3.63, 3.8) is 0 Å². The lowest BCUT2D eigenvalue weighted by Gasteiger charge is -2.37. The maximum absolute atomic E-state index is 12.6. The average Bonchev–Trinajstić information content (AvgIpc) is 2.48. The first-order valence-corrected chi connectivity index (χ1v) is 7.04. The SMILES string of the molecule is C[C@H]1CN(C(=O)c2ccc3c(c2)OCC(=O)N3)[C@@H](C)CO1. The second-order valence-electron chi connectivity index (χ2n) is 5.50. The summed E-state index contributed by atoms with van der Waals surface area (Å²) in [6.45, 7) is 5.03. The first-order valence-electron chi connectivity index (χ1n) is 7.04. The van der Waals surface area contributed by atoms with Gasteiger partial charge in [-0.1, -0.05) is 0 Å². The number of ether oxygens (including phenoxy) is 2. The zero-order valence-electron chi connectivity index (χ0n) is 12.1. The molecule has 6 heteroatoms. The number of amides is 2. The fourth-order valence-corrected chi connectivity index (χ4v) is 2.56. The highest BCUT2D eigenvalue weighted by Crippen LogP contribution is 2.29. The first kappa shape index (κ1) is 13.9. The third kappa shape index (κ3) is 2.71. The minimum atomic E-state index is -0.183. The zero-order chi connectivity index (χ0) is 15.0. The molecule has 0 spiro atoms. The third-order valence-electron chi connectivity index (χ3n) is 3.73. The number of morpholine rings is 1. The summed E-state index contributed by atoms with van der Waals surface area (Å²) < 4.78 is 10.9. The molecule has 1 saturated heterocycles. The molecular formula is C15H18N2O4. The second-order valence-corrected chi connectivity index (χ2v) is 5.50. The Morgan fingerprint density at radius 2 is 2.19 bits per heavy atom. The first-order chi connectivity index (χ1) is 10.0. The number of benzene rings is 1. The Morgan fingerprint density at radius 3 is 3.00 bits per heavy atom. The molecule has 6 nitrogen and oxygen atoms in total. The molecule has 0 bridgehead atoms. The Kier molecular flexibility index (Phi) is 3.55. The van der Waals surface area contributed by atoms with E-state index in [1.54, 1.807) is 18.2 Å². The highest BCUT2D eigenvalue weighted by atomic mass is 16.5. The molecule has 3 rings (SSSR count). The van der Waals surface area contributed by atoms with E-state index in [4.69, 9.17) is 9.47 Å². The lowest BCUT2D eigenvalue weighted by Crippen LogP contribution is -2.50. The van der Waals surface area contributed by atoms with Crippen molar-refractivity contribution in [3.05, 3.63) is 23.8 Å². The van der Waals surface area contributed by atoms with Crippen LogP contribution in [-0.2, 0) is 9.53 Å². The number of rotatable bonds is 1. The molecule has 0 saturated carbocycles. The van der Waals surface area contributed by atoms with Gasteiger partial charge < -0.3 is 19.7 Å². The molecule has 0 unspecified atom stereocenters. The summed E-state index contributed by atoms with van der Waals surface area (Å²) in [4.78, 5) is 25.7. The largest absolute Gasteiger partial charge is 0.482 e. The Hall–Kier alpha value is -2.08. The van der Waals surface area contributed by atoms with Crippen molar-refractivity contribution in [2.45, 2.75) is 26.0 Å². The number of carbonyl (C=O) groups is 2. The predicted octanol–water partition coefficient (Wildman–Crippen LogP) is 1.27. The normalized spacial score (nSPS) is 24.9. The Balaban J connectivity index is 1.83. The maximum atomic E-state index is 12.6. The van der Waals surface area contributed by atoms with Crippen LogP contribution in [0.4, 0.5) is 5.69 Å². The topological polar surface area (TPSA) is 67.9 Å². The minimum absolute atomic E-state index is 0.0182. The Bertz CT molecular complexity index is 587. The Labute approximate surface area is 123 Å². The molecular weight excluding hydrogens is 272 g/mol. The van der Waals surface area contributed by atoms with Crippen LogP contribution in [0.15, 0.2) is 18.2 Å². The molecule has 21 heavy (non-hydrogen) atoms. The van der Waals surface area contributed by atoms with Crippen molar-refractivity contribution < 1.29 is 19.1 Å². The van der Waals surface area contributed by atoms with Gasteiger partial charge in [0.25, 0.3) is 11.8 Å². The molecule has 1 N–H and O–H groups in total. The number of fused-ring (bicyclic) bond motifs is 1. The average molecular weight is 290 g/mol. The third-order valence-corrected chi connectivity index (χ3v) is 3.73. The molecule has 0 aliphatic carbocycles. The van der Waals surface area contributed by atoms with E-state index in [9.17, 15) is 9.59 Å². The van der Waals surface area contributed by atoms with Crippen LogP contribution >= 0.6 is 0 Å². The van der Waals surface area contributed by atoms with Gasteiger partial charge in [0, 0.05) is 12.1 Å². The van der Waals surface area contributed by atoms with E-state index in [-0.39, 0.29) is 30.6 Å². The van der Waals surface area contributed by atoms with Gasteiger partial charge >= 0.3 is 0 Å². The fraction of sp³-hybridized carbons (Fsp3) is 0.467. The van der Waals surface area contributed by atoms with Crippen molar-refractivity contribution in [2.75, 3.05) is 25.1 Å². The number of hydrogen-bond donors (Lipinski definition) is 1. The number of hydrogen-bond acceptors (Lipinski definition) is 4. The summed E-state index contributed by atoms with van der Waals surface area (Å²) in [5.41, 5.74) is 1.16. The summed E-state index contributed by atoms with van der Waals surface area (Å²) in [5.74, 6) is 0.313. The lowest BCUT2D eigenvalue weighted by atomic mass is 10.1. The van der Waals surface area contributed by atoms with Crippen LogP contribution in [0.3, 0.4) is 0 Å². The highest BCUT2D eigenvalue weighted by Gasteiger charge is 2.29. The molecule has 2 amide bonds. The second kappa shape index (κ2) is 5.37. The number of nitrogens with zero attached hydrogens (tertiary/aromatic N) is 1. The van der Waals surface area contributed by atoms with Gasteiger partial charge in [-0.05, 0) is 32.0 Å². The number of nitrogens with one attached hydrogen (secondary N) is 1. The van der Waals surface area contributed by atoms with Crippen molar-refractivity contribution in [1.29, 1.82) is 0 Å². The van der Waals surface area contributed by atoms with Crippen LogP contribution < -0.4 is 10.1 Å². The van der Waals surface area contributed by atoms with Gasteiger partial charge in [0.15, 0.2) is 6.61 Å². The monoisotopic (exact) mass is 290 g/mol. The quantitative estimate of drug-likeness (QED) is 0.845. The fourth-order valence-electron chi connectivity index (χ4n) is 2.56. The van der Waals surface area contributed by atoms with Crippen LogP contribution in [-0.4, -0.2) is 48.6 Å². The Morgan fingerprint density at radius 1 is 1.38 bits per heavy atom. The number of anilines is 1. The summed E-state index contributed by atoms with van der Waals surface area (Å²) in [5, 5.41) is 2.71. The van der Waals surface area contributed by atoms with E-state index >= 15 is 0 Å². The summed E-state index contributed by atoms with van der Waals surface area (Å²) in [7, 11) is 0. The zero-order valence-corrected chi connectivity index (χ0v) is 12.1. The molecule has 2 atom stereocenters. The van der Waals surface area contributed by atoms with Crippen LogP contribution in [0, 0.1) is 0 Å². The van der Waals surface area contributed by atoms with Crippen molar-refractivity contribution in [1.82, 2.24) is 4.90 Å². The van der Waals surface area contributed by atoms with Crippen LogP contribution in [0.1, 0.15) is 24.2 Å². The van der Waals surface area contributed by atoms with E-state index in [1.165, 1.54) is 0 Å². The van der Waals surface area contributed by atoms with Crippen LogP contribution in [0.25, 0.3) is 0 Å². The molecule has 1 aromatic carbocycles. The molecule has 1 aromatic rings. The number of carbonyl (C=O) groups excluding carboxylic acids is 2. The van der Waals surface area contributed by atoms with Gasteiger partial charge in [0.2, 0.25) is 0 Å². The van der Waals surface area contributed by atoms with Crippen LogP contribution in [0.2, 0.25) is 0 Å². The standard InChI is InChI=1S/C15H18N2O4/c1-9-7-20-10(2)6-17(9)15(19)11-3-4-12-13(5-11)21-8-14(18)16-12/h3-5,9-10H,6-8H2,1-2H3,(H,16,18)/t9-,10-/m0/s1. The smallest absolute Gasteiger partial charge is 0.262 e. The van der Waals surface area contributed by atoms with Crippen molar-refractivity contribution in [3.8, 4) is 5.75 Å². The van der Waals surface area contributed by atoms with Crippen LogP contribution in [0.5, 0.6) is 5.75 Å². The molecule has 112 valence electrons. The molecule has 2 aliphatic heterocycles. The molecule has 1 fully saturated rings. The molecule has 2 heterocycles. The molecule has 0 radical (unpaired) electrons. The van der Waals surface area contributed by atoms with Gasteiger partial charge in [-0.15, -0.1) is 0 Å². The molecule has 2 aliphatic rings. The van der Waals surface area contributed by atoms with Gasteiger partial charge in [0.05, 0.1) is 24.4 Å². The van der Waals surface area contributed by atoms with E-state index in [0.717, 1.165) is 0 Å². The van der Waals surface area contributed by atoms with E-state index in [2.05, 4.69) is 5.32 Å². The van der Waals surface area contributed by atoms with E-state index in [0.29, 0.717) is 30.2 Å². The summed E-state index contributed by atoms with van der Waals surface area (Å²) >= 11 is 0. The van der Waals surface area contributed by atoms with Gasteiger partial charge in [0.1, 0.15) is 5.75 Å². The maximum Gasteiger partial charge on any atom is 0.262 e. The van der Waals surface area contributed by atoms with E-state index < -0.39 is 0 Å². The van der Waals surface area contributed by atoms with Gasteiger partial charge in [-0.3, -0.25) is 9.59 Å². The summed E-state index contributed by atoms with van der Waals surface area (Å²) in [6.07, 6.45) is 0.0401. The van der Waals surface area contributed by atoms with E-state index in [1.807, 2.05) is 18.7 Å². The van der Waals surface area contributed by atoms with Crippen molar-refractivity contribution >= 4 is 17.5 Å². The lowest BCUT2D eigenvalue weighted by molar-refractivity contribution is -0.118.